The van der Waals surface area contributed by atoms with Crippen molar-refractivity contribution < 1.29 is 9.53 Å². The number of amides is 1. The van der Waals surface area contributed by atoms with Crippen LogP contribution in [0.15, 0.2) is 84.9 Å². The molecule has 208 valence electrons. The predicted octanol–water partition coefficient (Wildman–Crippen LogP) is 5.42. The second-order valence-corrected chi connectivity index (χ2v) is 10.5. The van der Waals surface area contributed by atoms with Gasteiger partial charge in [-0.2, -0.15) is 0 Å². The quantitative estimate of drug-likeness (QED) is 0.201. The number of methoxy groups -OCH3 is 1. The second kappa shape index (κ2) is 11.1. The molecular formula is C33H34N6O2. The van der Waals surface area contributed by atoms with Crippen LogP contribution in [0.5, 0.6) is 0 Å². The minimum Gasteiger partial charge on any atom is -0.384 e. The van der Waals surface area contributed by atoms with E-state index in [0.717, 1.165) is 70.4 Å². The number of nitrogens with zero attached hydrogens (tertiary/aromatic N) is 3. The number of fused-ring (bicyclic) bond motifs is 4. The van der Waals surface area contributed by atoms with E-state index in [2.05, 4.69) is 33.1 Å². The molecule has 8 nitrogen and oxygen atoms in total. The number of primary amides is 1. The second-order valence-electron chi connectivity index (χ2n) is 10.5. The molecule has 0 aliphatic carbocycles. The Balaban J connectivity index is 1.33. The van der Waals surface area contributed by atoms with Crippen molar-refractivity contribution in [3.63, 3.8) is 0 Å². The summed E-state index contributed by atoms with van der Waals surface area (Å²) in [6, 6.07) is 26.2. The van der Waals surface area contributed by atoms with Gasteiger partial charge in [-0.05, 0) is 43.0 Å². The number of carbonyl (C=O) groups excluding carboxylic acids is 1. The van der Waals surface area contributed by atoms with Crippen LogP contribution in [0.25, 0.3) is 27.5 Å². The van der Waals surface area contributed by atoms with Crippen molar-refractivity contribution in [2.24, 2.45) is 5.73 Å². The molecule has 1 unspecified atom stereocenters. The number of ether oxygens (including phenoxy) is 1. The van der Waals surface area contributed by atoms with E-state index >= 15 is 0 Å². The summed E-state index contributed by atoms with van der Waals surface area (Å²) in [6.45, 7) is 1.33. The third-order valence-electron chi connectivity index (χ3n) is 7.94. The van der Waals surface area contributed by atoms with Crippen molar-refractivity contribution in [1.82, 2.24) is 14.5 Å². The maximum Gasteiger partial charge on any atom is 0.249 e. The van der Waals surface area contributed by atoms with Crippen LogP contribution in [0, 0.1) is 0 Å². The maximum absolute atomic E-state index is 12.6. The minimum atomic E-state index is -0.573. The number of nitrogens with two attached hydrogens (primary N) is 2. The molecule has 1 atom stereocenters. The molecule has 6 rings (SSSR count). The highest BCUT2D eigenvalue weighted by Crippen LogP contribution is 2.42. The number of para-hydroxylation sites is 2. The van der Waals surface area contributed by atoms with Crippen molar-refractivity contribution in [3.05, 3.63) is 102 Å². The van der Waals surface area contributed by atoms with E-state index in [4.69, 9.17) is 21.2 Å². The van der Waals surface area contributed by atoms with Gasteiger partial charge in [0.05, 0.1) is 23.2 Å². The van der Waals surface area contributed by atoms with E-state index < -0.39 is 11.4 Å². The van der Waals surface area contributed by atoms with Crippen molar-refractivity contribution in [2.45, 2.75) is 37.8 Å². The third kappa shape index (κ3) is 4.91. The van der Waals surface area contributed by atoms with Crippen molar-refractivity contribution in [1.29, 1.82) is 0 Å². The molecule has 5 aromatic rings. The van der Waals surface area contributed by atoms with Crippen LogP contribution in [-0.4, -0.2) is 34.2 Å². The molecule has 0 saturated heterocycles. The van der Waals surface area contributed by atoms with Crippen LogP contribution >= 0.6 is 0 Å². The number of nitrogens with one attached hydrogen (secondary N) is 1. The number of unbranched alkanes of at least 4 members (excludes halogenated alkanes) is 1. The normalized spacial score (nSPS) is 16.4. The van der Waals surface area contributed by atoms with E-state index in [1.165, 1.54) is 0 Å². The molecule has 1 aliphatic rings. The van der Waals surface area contributed by atoms with Gasteiger partial charge in [0.1, 0.15) is 11.3 Å². The molecule has 3 aromatic carbocycles. The smallest absolute Gasteiger partial charge is 0.249 e. The van der Waals surface area contributed by atoms with E-state index in [-0.39, 0.29) is 0 Å². The SMILES string of the molecule is COCCc1nc2c(N)nc3ccccc3c2n1CCCCC1(c2ccccc2)C=C(C(N)=O)c2ccccc2N1. The van der Waals surface area contributed by atoms with Crippen LogP contribution in [0.2, 0.25) is 0 Å². The highest BCUT2D eigenvalue weighted by Gasteiger charge is 2.35. The molecule has 1 amide bonds. The van der Waals surface area contributed by atoms with Gasteiger partial charge >= 0.3 is 0 Å². The van der Waals surface area contributed by atoms with Crippen molar-refractivity contribution in [2.75, 3.05) is 24.8 Å². The molecule has 41 heavy (non-hydrogen) atoms. The highest BCUT2D eigenvalue weighted by atomic mass is 16.5. The summed E-state index contributed by atoms with van der Waals surface area (Å²) >= 11 is 0. The van der Waals surface area contributed by atoms with Gasteiger partial charge in [0.15, 0.2) is 5.82 Å². The standard InChI is InChI=1S/C33H34N6O2/c1-41-20-17-28-37-29-30(24-14-6-7-15-26(24)36-31(29)34)39(28)19-10-9-18-33(22-11-3-2-4-12-22)21-25(32(35)40)23-13-5-8-16-27(23)38-33/h2-8,11-16,21,38H,9-10,17-20H2,1H3,(H2,34,36)(H2,35,40). The Labute approximate surface area is 239 Å². The molecule has 8 heteroatoms. The molecule has 5 N–H and O–H groups in total. The lowest BCUT2D eigenvalue weighted by Gasteiger charge is -2.38. The first-order valence-corrected chi connectivity index (χ1v) is 14.0. The lowest BCUT2D eigenvalue weighted by atomic mass is 9.79. The number of rotatable bonds is 10. The third-order valence-corrected chi connectivity index (χ3v) is 7.94. The fourth-order valence-corrected chi connectivity index (χ4v) is 6.01. The lowest BCUT2D eigenvalue weighted by molar-refractivity contribution is -0.112. The number of imidazole rings is 1. The molecular weight excluding hydrogens is 512 g/mol. The molecule has 3 heterocycles. The largest absolute Gasteiger partial charge is 0.384 e. The number of anilines is 2. The molecule has 2 aromatic heterocycles. The fourth-order valence-electron chi connectivity index (χ4n) is 6.01. The zero-order valence-electron chi connectivity index (χ0n) is 23.1. The van der Waals surface area contributed by atoms with Gasteiger partial charge in [-0.3, -0.25) is 4.79 Å². The summed E-state index contributed by atoms with van der Waals surface area (Å²) in [4.78, 5) is 22.1. The Morgan fingerprint density at radius 2 is 1.73 bits per heavy atom. The van der Waals surface area contributed by atoms with Crippen LogP contribution < -0.4 is 16.8 Å². The van der Waals surface area contributed by atoms with Crippen molar-refractivity contribution >= 4 is 44.9 Å². The first kappa shape index (κ1) is 26.5. The van der Waals surface area contributed by atoms with E-state index in [9.17, 15) is 4.79 Å². The van der Waals surface area contributed by atoms with Crippen LogP contribution in [-0.2, 0) is 28.0 Å². The summed E-state index contributed by atoms with van der Waals surface area (Å²) in [5.74, 6) is 0.948. The molecule has 0 saturated carbocycles. The number of carbonyl (C=O) groups is 1. The number of benzene rings is 3. The van der Waals surface area contributed by atoms with Gasteiger partial charge in [0.25, 0.3) is 0 Å². The summed E-state index contributed by atoms with van der Waals surface area (Å²) in [5.41, 5.74) is 17.7. The zero-order valence-corrected chi connectivity index (χ0v) is 23.1. The minimum absolute atomic E-state index is 0.426. The number of hydrogen-bond donors (Lipinski definition) is 3. The summed E-state index contributed by atoms with van der Waals surface area (Å²) < 4.78 is 7.66. The van der Waals surface area contributed by atoms with E-state index in [1.54, 1.807) is 7.11 Å². The number of hydrogen-bond acceptors (Lipinski definition) is 6. The van der Waals surface area contributed by atoms with Crippen LogP contribution in [0.3, 0.4) is 0 Å². The predicted molar refractivity (Wildman–Crippen MR) is 164 cm³/mol. The van der Waals surface area contributed by atoms with Gasteiger partial charge in [-0.15, -0.1) is 0 Å². The first-order valence-electron chi connectivity index (χ1n) is 14.0. The van der Waals surface area contributed by atoms with Crippen LogP contribution in [0.4, 0.5) is 11.5 Å². The Morgan fingerprint density at radius 1 is 0.976 bits per heavy atom. The Hall–Kier alpha value is -4.69. The molecule has 1 aliphatic heterocycles. The van der Waals surface area contributed by atoms with Gasteiger partial charge in [0, 0.05) is 42.3 Å². The number of pyridine rings is 1. The number of aryl methyl sites for hydroxylation is 1. The molecule has 0 fully saturated rings. The Bertz CT molecular complexity index is 1760. The summed E-state index contributed by atoms with van der Waals surface area (Å²) in [5, 5.41) is 4.80. The lowest BCUT2D eigenvalue weighted by Crippen LogP contribution is -2.37. The van der Waals surface area contributed by atoms with Crippen molar-refractivity contribution in [3.8, 4) is 0 Å². The van der Waals surface area contributed by atoms with Crippen LogP contribution in [0.1, 0.15) is 36.2 Å². The first-order chi connectivity index (χ1) is 20.0. The monoisotopic (exact) mass is 546 g/mol. The van der Waals surface area contributed by atoms with Gasteiger partial charge in [0.2, 0.25) is 5.91 Å². The molecule has 0 bridgehead atoms. The van der Waals surface area contributed by atoms with Gasteiger partial charge in [-0.25, -0.2) is 9.97 Å². The van der Waals surface area contributed by atoms with E-state index in [0.29, 0.717) is 24.4 Å². The summed E-state index contributed by atoms with van der Waals surface area (Å²) in [7, 11) is 1.70. The number of nitrogen functional groups attached to an aromatic ring is 1. The molecule has 0 spiro atoms. The Morgan fingerprint density at radius 3 is 2.54 bits per heavy atom. The topological polar surface area (TPSA) is 121 Å². The van der Waals surface area contributed by atoms with Gasteiger partial charge in [-0.1, -0.05) is 66.7 Å². The van der Waals surface area contributed by atoms with Gasteiger partial charge < -0.3 is 26.1 Å². The summed E-state index contributed by atoms with van der Waals surface area (Å²) in [6.07, 6.45) is 5.24. The molecule has 0 radical (unpaired) electrons. The number of aromatic nitrogens is 3. The Kier molecular flexibility index (Phi) is 7.15. The fraction of sp³-hybridized carbons (Fsp3) is 0.242. The highest BCUT2D eigenvalue weighted by molar-refractivity contribution is 6.21. The average molecular weight is 547 g/mol. The van der Waals surface area contributed by atoms with E-state index in [1.807, 2.05) is 66.7 Å². The average Bonchev–Trinajstić information content (AvgIpc) is 3.37. The maximum atomic E-state index is 12.6. The zero-order chi connectivity index (χ0) is 28.4.